The van der Waals surface area contributed by atoms with Crippen molar-refractivity contribution < 1.29 is 4.42 Å². The highest BCUT2D eigenvalue weighted by atomic mass is 32.1. The van der Waals surface area contributed by atoms with Crippen molar-refractivity contribution >= 4 is 27.4 Å². The summed E-state index contributed by atoms with van der Waals surface area (Å²) in [5.41, 5.74) is 2.98. The molecule has 3 aromatic rings. The number of benzene rings is 1. The number of aromatic nitrogens is 1. The van der Waals surface area contributed by atoms with Crippen LogP contribution in [0.3, 0.4) is 0 Å². The number of rotatable bonds is 3. The van der Waals surface area contributed by atoms with Gasteiger partial charge in [-0.05, 0) is 19.9 Å². The third-order valence-corrected chi connectivity index (χ3v) is 3.71. The fourth-order valence-electron chi connectivity index (χ4n) is 2.03. The molecular weight excluding hydrogens is 244 g/mol. The molecule has 0 spiro atoms. The predicted octanol–water partition coefficient (Wildman–Crippen LogP) is 4.30. The summed E-state index contributed by atoms with van der Waals surface area (Å²) in [6.07, 6.45) is 0. The SMILES string of the molecule is CCNc1nc(-c2oc3ccccc3c2C)cs1. The number of furan rings is 1. The molecule has 0 bridgehead atoms. The van der Waals surface area contributed by atoms with E-state index in [9.17, 15) is 0 Å². The highest BCUT2D eigenvalue weighted by molar-refractivity contribution is 7.14. The van der Waals surface area contributed by atoms with Crippen molar-refractivity contribution in [3.63, 3.8) is 0 Å². The Kier molecular flexibility index (Phi) is 2.80. The van der Waals surface area contributed by atoms with Crippen LogP contribution in [-0.2, 0) is 0 Å². The van der Waals surface area contributed by atoms with Gasteiger partial charge in [-0.1, -0.05) is 18.2 Å². The molecule has 1 N–H and O–H groups in total. The number of hydrogen-bond acceptors (Lipinski definition) is 4. The van der Waals surface area contributed by atoms with Crippen molar-refractivity contribution in [2.75, 3.05) is 11.9 Å². The molecule has 0 radical (unpaired) electrons. The van der Waals surface area contributed by atoms with Crippen LogP contribution in [0, 0.1) is 6.92 Å². The van der Waals surface area contributed by atoms with Crippen LogP contribution in [0.1, 0.15) is 12.5 Å². The van der Waals surface area contributed by atoms with E-state index in [4.69, 9.17) is 4.42 Å². The van der Waals surface area contributed by atoms with Crippen LogP contribution >= 0.6 is 11.3 Å². The lowest BCUT2D eigenvalue weighted by atomic mass is 10.1. The Hall–Kier alpha value is -1.81. The van der Waals surface area contributed by atoms with Crippen LogP contribution in [-0.4, -0.2) is 11.5 Å². The lowest BCUT2D eigenvalue weighted by Gasteiger charge is -1.94. The van der Waals surface area contributed by atoms with Gasteiger partial charge in [0.1, 0.15) is 11.3 Å². The van der Waals surface area contributed by atoms with E-state index in [2.05, 4.69) is 30.2 Å². The lowest BCUT2D eigenvalue weighted by molar-refractivity contribution is 0.627. The van der Waals surface area contributed by atoms with Crippen molar-refractivity contribution in [2.45, 2.75) is 13.8 Å². The van der Waals surface area contributed by atoms with Gasteiger partial charge in [0.2, 0.25) is 0 Å². The monoisotopic (exact) mass is 258 g/mol. The maximum absolute atomic E-state index is 5.89. The van der Waals surface area contributed by atoms with Crippen LogP contribution in [0.15, 0.2) is 34.1 Å². The van der Waals surface area contributed by atoms with Gasteiger partial charge in [0.05, 0.1) is 0 Å². The summed E-state index contributed by atoms with van der Waals surface area (Å²) in [5, 5.41) is 7.34. The van der Waals surface area contributed by atoms with Gasteiger partial charge in [-0.3, -0.25) is 0 Å². The van der Waals surface area contributed by atoms with Crippen molar-refractivity contribution in [1.82, 2.24) is 4.98 Å². The molecule has 0 unspecified atom stereocenters. The van der Waals surface area contributed by atoms with Gasteiger partial charge in [0.15, 0.2) is 10.9 Å². The molecule has 2 heterocycles. The second-order valence-corrected chi connectivity index (χ2v) is 4.98. The topological polar surface area (TPSA) is 38.1 Å². The Morgan fingerprint density at radius 1 is 1.33 bits per heavy atom. The molecule has 0 amide bonds. The van der Waals surface area contributed by atoms with Crippen LogP contribution in [0.25, 0.3) is 22.4 Å². The van der Waals surface area contributed by atoms with Gasteiger partial charge < -0.3 is 9.73 Å². The average molecular weight is 258 g/mol. The summed E-state index contributed by atoms with van der Waals surface area (Å²) in [7, 11) is 0. The van der Waals surface area contributed by atoms with E-state index in [0.717, 1.165) is 39.7 Å². The quantitative estimate of drug-likeness (QED) is 0.761. The zero-order chi connectivity index (χ0) is 12.5. The Balaban J connectivity index is 2.10. The Bertz CT molecular complexity index is 684. The van der Waals surface area contributed by atoms with Gasteiger partial charge in [0, 0.05) is 22.9 Å². The third kappa shape index (κ3) is 1.78. The smallest absolute Gasteiger partial charge is 0.183 e. The molecule has 4 heteroatoms. The van der Waals surface area contributed by atoms with E-state index in [-0.39, 0.29) is 0 Å². The first-order valence-electron chi connectivity index (χ1n) is 5.97. The maximum Gasteiger partial charge on any atom is 0.183 e. The van der Waals surface area contributed by atoms with E-state index in [1.807, 2.05) is 23.6 Å². The summed E-state index contributed by atoms with van der Waals surface area (Å²) in [5.74, 6) is 0.872. The first kappa shape index (κ1) is 11.3. The zero-order valence-corrected chi connectivity index (χ0v) is 11.2. The zero-order valence-electron chi connectivity index (χ0n) is 10.4. The molecule has 92 valence electrons. The predicted molar refractivity (Wildman–Crippen MR) is 76.2 cm³/mol. The molecule has 0 aliphatic heterocycles. The fraction of sp³-hybridized carbons (Fsp3) is 0.214. The van der Waals surface area contributed by atoms with E-state index in [0.29, 0.717) is 0 Å². The van der Waals surface area contributed by atoms with Crippen LogP contribution < -0.4 is 5.32 Å². The van der Waals surface area contributed by atoms with Crippen molar-refractivity contribution in [3.05, 3.63) is 35.2 Å². The van der Waals surface area contributed by atoms with Gasteiger partial charge in [-0.25, -0.2) is 4.98 Å². The molecule has 3 nitrogen and oxygen atoms in total. The average Bonchev–Trinajstić information content (AvgIpc) is 2.96. The molecule has 18 heavy (non-hydrogen) atoms. The second kappa shape index (κ2) is 4.46. The van der Waals surface area contributed by atoms with Crippen molar-refractivity contribution in [1.29, 1.82) is 0 Å². The number of thiazole rings is 1. The standard InChI is InChI=1S/C14H14N2OS/c1-3-15-14-16-11(8-18-14)13-9(2)10-6-4-5-7-12(10)17-13/h4-8H,3H2,1-2H3,(H,15,16). The van der Waals surface area contributed by atoms with Gasteiger partial charge in [-0.15, -0.1) is 11.3 Å². The molecule has 0 aliphatic rings. The molecule has 0 atom stereocenters. The largest absolute Gasteiger partial charge is 0.454 e. The molecule has 0 fully saturated rings. The third-order valence-electron chi connectivity index (χ3n) is 2.91. The highest BCUT2D eigenvalue weighted by Crippen LogP contribution is 2.34. The van der Waals surface area contributed by atoms with Gasteiger partial charge >= 0.3 is 0 Å². The lowest BCUT2D eigenvalue weighted by Crippen LogP contribution is -1.94. The first-order chi connectivity index (χ1) is 8.79. The molecule has 2 aromatic heterocycles. The van der Waals surface area contributed by atoms with Gasteiger partial charge in [0.25, 0.3) is 0 Å². The summed E-state index contributed by atoms with van der Waals surface area (Å²) in [4.78, 5) is 4.54. The van der Waals surface area contributed by atoms with Crippen LogP contribution in [0.5, 0.6) is 0 Å². The molecule has 1 aromatic carbocycles. The number of anilines is 1. The molecule has 0 saturated carbocycles. The molecule has 0 aliphatic carbocycles. The normalized spacial score (nSPS) is 11.0. The number of para-hydroxylation sites is 1. The first-order valence-corrected chi connectivity index (χ1v) is 6.85. The summed E-state index contributed by atoms with van der Waals surface area (Å²) in [6, 6.07) is 8.08. The highest BCUT2D eigenvalue weighted by Gasteiger charge is 2.14. The van der Waals surface area contributed by atoms with E-state index < -0.39 is 0 Å². The molecule has 0 saturated heterocycles. The van der Waals surface area contributed by atoms with E-state index >= 15 is 0 Å². The Morgan fingerprint density at radius 3 is 2.94 bits per heavy atom. The second-order valence-electron chi connectivity index (χ2n) is 4.12. The molecule has 3 rings (SSSR count). The van der Waals surface area contributed by atoms with E-state index in [1.54, 1.807) is 11.3 Å². The number of aryl methyl sites for hydroxylation is 1. The summed E-state index contributed by atoms with van der Waals surface area (Å²) >= 11 is 1.61. The minimum absolute atomic E-state index is 0.872. The van der Waals surface area contributed by atoms with E-state index in [1.165, 1.54) is 0 Å². The Labute approximate surface area is 109 Å². The summed E-state index contributed by atoms with van der Waals surface area (Å²) < 4.78 is 5.89. The summed E-state index contributed by atoms with van der Waals surface area (Å²) in [6.45, 7) is 5.02. The van der Waals surface area contributed by atoms with Crippen LogP contribution in [0.4, 0.5) is 5.13 Å². The van der Waals surface area contributed by atoms with Crippen molar-refractivity contribution in [2.24, 2.45) is 0 Å². The number of nitrogens with one attached hydrogen (secondary N) is 1. The van der Waals surface area contributed by atoms with Gasteiger partial charge in [-0.2, -0.15) is 0 Å². The minimum atomic E-state index is 0.872. The minimum Gasteiger partial charge on any atom is -0.454 e. The Morgan fingerprint density at radius 2 is 2.17 bits per heavy atom. The molecular formula is C14H14N2OS. The van der Waals surface area contributed by atoms with Crippen molar-refractivity contribution in [3.8, 4) is 11.5 Å². The number of hydrogen-bond donors (Lipinski definition) is 1. The maximum atomic E-state index is 5.89. The number of fused-ring (bicyclic) bond motifs is 1. The fourth-order valence-corrected chi connectivity index (χ4v) is 2.79. The van der Waals surface area contributed by atoms with Crippen LogP contribution in [0.2, 0.25) is 0 Å². The number of nitrogens with zero attached hydrogens (tertiary/aromatic N) is 1.